The van der Waals surface area contributed by atoms with Crippen LogP contribution in [0.3, 0.4) is 0 Å². The fourth-order valence-electron chi connectivity index (χ4n) is 4.03. The number of ketones is 1. The number of rotatable bonds is 7. The number of amides is 1. The van der Waals surface area contributed by atoms with Gasteiger partial charge in [0.15, 0.2) is 11.5 Å². The van der Waals surface area contributed by atoms with Gasteiger partial charge in [0, 0.05) is 24.5 Å². The first-order chi connectivity index (χ1) is 16.5. The predicted molar refractivity (Wildman–Crippen MR) is 125 cm³/mol. The van der Waals surface area contributed by atoms with E-state index in [-0.39, 0.29) is 17.9 Å². The normalized spacial score (nSPS) is 17.0. The molecule has 4 rings (SSSR count). The number of methoxy groups -OCH3 is 3. The Morgan fingerprint density at radius 3 is 2.44 bits per heavy atom. The molecular weight excluding hydrogens is 436 g/mol. The first-order valence-electron chi connectivity index (χ1n) is 10.5. The lowest BCUT2D eigenvalue weighted by atomic mass is 9.94. The zero-order chi connectivity index (χ0) is 24.2. The molecule has 0 aliphatic carbocycles. The average molecular weight is 460 g/mol. The number of Topliss-reactive ketones (excluding diaryl/α,β-unsaturated/α-hetero) is 1. The molecule has 8 nitrogen and oxygen atoms in total. The molecule has 1 saturated heterocycles. The van der Waals surface area contributed by atoms with Crippen molar-refractivity contribution < 1.29 is 28.9 Å². The van der Waals surface area contributed by atoms with Gasteiger partial charge in [0.05, 0.1) is 32.9 Å². The first kappa shape index (κ1) is 22.8. The van der Waals surface area contributed by atoms with Gasteiger partial charge < -0.3 is 24.2 Å². The van der Waals surface area contributed by atoms with E-state index in [1.807, 2.05) is 6.07 Å². The second-order valence-electron chi connectivity index (χ2n) is 7.63. The van der Waals surface area contributed by atoms with Gasteiger partial charge in [-0.1, -0.05) is 24.3 Å². The van der Waals surface area contributed by atoms with Crippen LogP contribution in [0.15, 0.2) is 72.6 Å². The Bertz CT molecular complexity index is 1260. The number of nitrogens with zero attached hydrogens (tertiary/aromatic N) is 2. The van der Waals surface area contributed by atoms with E-state index in [1.165, 1.54) is 26.2 Å². The van der Waals surface area contributed by atoms with Crippen molar-refractivity contribution in [1.29, 1.82) is 0 Å². The number of hydrogen-bond acceptors (Lipinski definition) is 7. The van der Waals surface area contributed by atoms with Crippen LogP contribution in [0.1, 0.15) is 22.7 Å². The molecule has 0 spiro atoms. The van der Waals surface area contributed by atoms with Gasteiger partial charge in [-0.05, 0) is 41.5 Å². The van der Waals surface area contributed by atoms with Gasteiger partial charge in [-0.25, -0.2) is 0 Å². The third kappa shape index (κ3) is 4.17. The van der Waals surface area contributed by atoms with Crippen LogP contribution in [0.2, 0.25) is 0 Å². The van der Waals surface area contributed by atoms with Crippen LogP contribution in [0.5, 0.6) is 17.2 Å². The smallest absolute Gasteiger partial charge is 0.295 e. The van der Waals surface area contributed by atoms with E-state index < -0.39 is 17.7 Å². The molecule has 174 valence electrons. The van der Waals surface area contributed by atoms with Gasteiger partial charge in [0.1, 0.15) is 11.5 Å². The van der Waals surface area contributed by atoms with Crippen molar-refractivity contribution in [3.05, 3.63) is 89.3 Å². The highest BCUT2D eigenvalue weighted by Gasteiger charge is 2.46. The summed E-state index contributed by atoms with van der Waals surface area (Å²) in [4.78, 5) is 31.9. The molecule has 1 fully saturated rings. The lowest BCUT2D eigenvalue weighted by Crippen LogP contribution is -2.29. The SMILES string of the molecule is COc1cccc(C(O)=C2C(=O)C(=O)N(Cc3cccnc3)[C@@H]2c2ccc(OC)c(OC)c2)c1. The molecule has 2 heterocycles. The number of pyridine rings is 1. The van der Waals surface area contributed by atoms with E-state index >= 15 is 0 Å². The maximum atomic E-state index is 13.2. The third-order valence-electron chi connectivity index (χ3n) is 5.68. The topological polar surface area (TPSA) is 98.2 Å². The van der Waals surface area contributed by atoms with Crippen LogP contribution in [-0.4, -0.2) is 48.0 Å². The summed E-state index contributed by atoms with van der Waals surface area (Å²) >= 11 is 0. The third-order valence-corrected chi connectivity index (χ3v) is 5.68. The van der Waals surface area contributed by atoms with Crippen LogP contribution in [0.4, 0.5) is 0 Å². The van der Waals surface area contributed by atoms with Crippen LogP contribution in [-0.2, 0) is 16.1 Å². The van der Waals surface area contributed by atoms with Gasteiger partial charge in [-0.2, -0.15) is 0 Å². The van der Waals surface area contributed by atoms with Crippen LogP contribution < -0.4 is 14.2 Å². The zero-order valence-corrected chi connectivity index (χ0v) is 19.0. The number of carbonyl (C=O) groups is 2. The Balaban J connectivity index is 1.90. The summed E-state index contributed by atoms with van der Waals surface area (Å²) in [6, 6.07) is 14.5. The fraction of sp³-hybridized carbons (Fsp3) is 0.192. The van der Waals surface area contributed by atoms with Crippen LogP contribution in [0, 0.1) is 0 Å². The minimum atomic E-state index is -0.855. The van der Waals surface area contributed by atoms with Crippen molar-refractivity contribution in [2.45, 2.75) is 12.6 Å². The van der Waals surface area contributed by atoms with Gasteiger partial charge in [-0.3, -0.25) is 14.6 Å². The lowest BCUT2D eigenvalue weighted by Gasteiger charge is -2.26. The highest BCUT2D eigenvalue weighted by Crippen LogP contribution is 2.42. The Hall–Kier alpha value is -4.33. The molecule has 0 saturated carbocycles. The van der Waals surface area contributed by atoms with Crippen molar-refractivity contribution in [3.8, 4) is 17.2 Å². The highest BCUT2D eigenvalue weighted by molar-refractivity contribution is 6.46. The minimum Gasteiger partial charge on any atom is -0.507 e. The molecule has 34 heavy (non-hydrogen) atoms. The van der Waals surface area contributed by atoms with E-state index in [0.29, 0.717) is 28.4 Å². The molecule has 1 amide bonds. The molecule has 1 N–H and O–H groups in total. The van der Waals surface area contributed by atoms with E-state index in [9.17, 15) is 14.7 Å². The second kappa shape index (κ2) is 9.66. The lowest BCUT2D eigenvalue weighted by molar-refractivity contribution is -0.140. The van der Waals surface area contributed by atoms with E-state index in [2.05, 4.69) is 4.98 Å². The number of benzene rings is 2. The maximum absolute atomic E-state index is 13.2. The molecule has 0 bridgehead atoms. The molecule has 1 atom stereocenters. The first-order valence-corrected chi connectivity index (χ1v) is 10.5. The van der Waals surface area contributed by atoms with Gasteiger partial charge in [0.25, 0.3) is 11.7 Å². The summed E-state index contributed by atoms with van der Waals surface area (Å²) < 4.78 is 16.0. The Morgan fingerprint density at radius 1 is 0.971 bits per heavy atom. The Morgan fingerprint density at radius 2 is 1.76 bits per heavy atom. The second-order valence-corrected chi connectivity index (χ2v) is 7.63. The monoisotopic (exact) mass is 460 g/mol. The van der Waals surface area contributed by atoms with E-state index in [0.717, 1.165) is 5.56 Å². The van der Waals surface area contributed by atoms with Crippen LogP contribution in [0.25, 0.3) is 5.76 Å². The molecule has 1 aliphatic rings. The van der Waals surface area contributed by atoms with Gasteiger partial charge >= 0.3 is 0 Å². The number of ether oxygens (including phenoxy) is 3. The quantitative estimate of drug-likeness (QED) is 0.326. The van der Waals surface area contributed by atoms with E-state index in [4.69, 9.17) is 14.2 Å². The summed E-state index contributed by atoms with van der Waals surface area (Å²) in [6.45, 7) is 0.131. The zero-order valence-electron chi connectivity index (χ0n) is 19.0. The standard InChI is InChI=1S/C26H24N2O6/c1-32-19-8-4-7-18(12-19)24(29)22-23(17-9-10-20(33-2)21(13-17)34-3)28(26(31)25(22)30)15-16-6-5-11-27-14-16/h4-14,23,29H,15H2,1-3H3/t23-/m1/s1. The van der Waals surface area contributed by atoms with Gasteiger partial charge in [-0.15, -0.1) is 0 Å². The molecule has 3 aromatic rings. The molecule has 0 radical (unpaired) electrons. The van der Waals surface area contributed by atoms with Crippen molar-refractivity contribution in [2.24, 2.45) is 0 Å². The highest BCUT2D eigenvalue weighted by atomic mass is 16.5. The molecule has 2 aromatic carbocycles. The number of aromatic nitrogens is 1. The summed E-state index contributed by atoms with van der Waals surface area (Å²) in [5.74, 6) is -0.323. The summed E-state index contributed by atoms with van der Waals surface area (Å²) in [7, 11) is 4.54. The fourth-order valence-corrected chi connectivity index (χ4v) is 4.03. The summed E-state index contributed by atoms with van der Waals surface area (Å²) in [6.07, 6.45) is 3.26. The van der Waals surface area contributed by atoms with Gasteiger partial charge in [0.2, 0.25) is 0 Å². The van der Waals surface area contributed by atoms with Crippen molar-refractivity contribution in [2.75, 3.05) is 21.3 Å². The van der Waals surface area contributed by atoms with E-state index in [1.54, 1.807) is 60.9 Å². The molecular formula is C26H24N2O6. The number of aliphatic hydroxyl groups excluding tert-OH is 1. The molecule has 1 aliphatic heterocycles. The number of hydrogen-bond donors (Lipinski definition) is 1. The van der Waals surface area contributed by atoms with Crippen molar-refractivity contribution >= 4 is 17.4 Å². The number of aliphatic hydroxyl groups is 1. The predicted octanol–water partition coefficient (Wildman–Crippen LogP) is 3.73. The number of carbonyl (C=O) groups excluding carboxylic acids is 2. The molecule has 0 unspecified atom stereocenters. The maximum Gasteiger partial charge on any atom is 0.295 e. The number of likely N-dealkylation sites (tertiary alicyclic amines) is 1. The van der Waals surface area contributed by atoms with Crippen molar-refractivity contribution in [3.63, 3.8) is 0 Å². The Labute approximate surface area is 197 Å². The summed E-state index contributed by atoms with van der Waals surface area (Å²) in [5, 5.41) is 11.2. The largest absolute Gasteiger partial charge is 0.507 e. The van der Waals surface area contributed by atoms with Crippen LogP contribution >= 0.6 is 0 Å². The Kier molecular flexibility index (Phi) is 6.49. The minimum absolute atomic E-state index is 0.0191. The average Bonchev–Trinajstić information content (AvgIpc) is 3.13. The van der Waals surface area contributed by atoms with Crippen molar-refractivity contribution in [1.82, 2.24) is 9.88 Å². The molecule has 8 heteroatoms. The molecule has 1 aromatic heterocycles. The summed E-state index contributed by atoms with van der Waals surface area (Å²) in [5.41, 5.74) is 1.68.